The lowest BCUT2D eigenvalue weighted by Crippen LogP contribution is -2.07. The predicted molar refractivity (Wildman–Crippen MR) is 66.2 cm³/mol. The summed E-state index contributed by atoms with van der Waals surface area (Å²) in [6.45, 7) is 0. The van der Waals surface area contributed by atoms with Crippen LogP contribution in [0, 0.1) is 0 Å². The summed E-state index contributed by atoms with van der Waals surface area (Å²) in [5, 5.41) is 0. The Morgan fingerprint density at radius 1 is 0.909 bits per heavy atom. The SMILES string of the molecule is COc1ncc(C(F)(F)F)cc1-c1cccc(C(F)(F)F)c1. The van der Waals surface area contributed by atoms with Gasteiger partial charge in [-0.05, 0) is 23.8 Å². The van der Waals surface area contributed by atoms with Crippen LogP contribution in [-0.4, -0.2) is 12.1 Å². The molecule has 2 rings (SSSR count). The smallest absolute Gasteiger partial charge is 0.417 e. The molecule has 0 aliphatic carbocycles. The molecule has 0 atom stereocenters. The number of alkyl halides is 6. The first-order valence-electron chi connectivity index (χ1n) is 5.92. The summed E-state index contributed by atoms with van der Waals surface area (Å²) in [5.41, 5.74) is -2.26. The predicted octanol–water partition coefficient (Wildman–Crippen LogP) is 4.79. The summed E-state index contributed by atoms with van der Waals surface area (Å²) in [5.74, 6) is -0.188. The molecule has 0 N–H and O–H groups in total. The van der Waals surface area contributed by atoms with E-state index in [2.05, 4.69) is 4.98 Å². The first-order chi connectivity index (χ1) is 10.1. The first-order valence-corrected chi connectivity index (χ1v) is 5.92. The number of halogens is 6. The Balaban J connectivity index is 2.60. The van der Waals surface area contributed by atoms with Crippen molar-refractivity contribution < 1.29 is 31.1 Å². The number of aromatic nitrogens is 1. The zero-order valence-electron chi connectivity index (χ0n) is 11.1. The monoisotopic (exact) mass is 321 g/mol. The molecule has 2 aromatic rings. The molecule has 0 saturated heterocycles. The van der Waals surface area contributed by atoms with Crippen LogP contribution in [-0.2, 0) is 12.4 Å². The summed E-state index contributed by atoms with van der Waals surface area (Å²) in [6.07, 6.45) is -8.69. The Labute approximate surface area is 121 Å². The Bertz CT molecular complexity index is 678. The van der Waals surface area contributed by atoms with E-state index in [4.69, 9.17) is 4.74 Å². The maximum Gasteiger partial charge on any atom is 0.417 e. The van der Waals surface area contributed by atoms with Crippen molar-refractivity contribution >= 4 is 0 Å². The highest BCUT2D eigenvalue weighted by atomic mass is 19.4. The molecule has 8 heteroatoms. The van der Waals surface area contributed by atoms with Crippen molar-refractivity contribution in [3.05, 3.63) is 47.7 Å². The fourth-order valence-corrected chi connectivity index (χ4v) is 1.84. The minimum atomic E-state index is -4.66. The summed E-state index contributed by atoms with van der Waals surface area (Å²) in [6, 6.07) is 4.66. The van der Waals surface area contributed by atoms with Crippen molar-refractivity contribution in [3.63, 3.8) is 0 Å². The average Bonchev–Trinajstić information content (AvgIpc) is 2.45. The van der Waals surface area contributed by atoms with Gasteiger partial charge >= 0.3 is 12.4 Å². The maximum atomic E-state index is 12.7. The lowest BCUT2D eigenvalue weighted by atomic mass is 10.0. The highest BCUT2D eigenvalue weighted by Crippen LogP contribution is 2.37. The molecule has 0 radical (unpaired) electrons. The molecule has 0 saturated carbocycles. The van der Waals surface area contributed by atoms with Gasteiger partial charge in [0.1, 0.15) is 0 Å². The quantitative estimate of drug-likeness (QED) is 0.742. The number of methoxy groups -OCH3 is 1. The van der Waals surface area contributed by atoms with Crippen molar-refractivity contribution in [1.82, 2.24) is 4.98 Å². The molecule has 22 heavy (non-hydrogen) atoms. The molecule has 0 amide bonds. The minimum Gasteiger partial charge on any atom is -0.481 e. The van der Waals surface area contributed by atoms with Gasteiger partial charge in [0.2, 0.25) is 5.88 Å². The molecule has 0 spiro atoms. The van der Waals surface area contributed by atoms with E-state index in [0.717, 1.165) is 18.2 Å². The summed E-state index contributed by atoms with van der Waals surface area (Å²) < 4.78 is 81.1. The molecule has 2 nitrogen and oxygen atoms in total. The van der Waals surface area contributed by atoms with Gasteiger partial charge in [-0.3, -0.25) is 0 Å². The van der Waals surface area contributed by atoms with E-state index in [0.29, 0.717) is 12.3 Å². The van der Waals surface area contributed by atoms with E-state index in [1.54, 1.807) is 0 Å². The third-order valence-electron chi connectivity index (χ3n) is 2.87. The third kappa shape index (κ3) is 3.32. The van der Waals surface area contributed by atoms with Crippen LogP contribution in [0.5, 0.6) is 5.88 Å². The molecule has 0 fully saturated rings. The van der Waals surface area contributed by atoms with Crippen LogP contribution in [0.4, 0.5) is 26.3 Å². The lowest BCUT2D eigenvalue weighted by Gasteiger charge is -2.13. The fourth-order valence-electron chi connectivity index (χ4n) is 1.84. The molecule has 1 aromatic carbocycles. The van der Waals surface area contributed by atoms with Crippen LogP contribution >= 0.6 is 0 Å². The van der Waals surface area contributed by atoms with Crippen LogP contribution in [0.15, 0.2) is 36.5 Å². The third-order valence-corrected chi connectivity index (χ3v) is 2.87. The zero-order valence-corrected chi connectivity index (χ0v) is 11.1. The van der Waals surface area contributed by atoms with Crippen molar-refractivity contribution in [2.45, 2.75) is 12.4 Å². The summed E-state index contributed by atoms with van der Waals surface area (Å²) >= 11 is 0. The lowest BCUT2D eigenvalue weighted by molar-refractivity contribution is -0.138. The van der Waals surface area contributed by atoms with E-state index in [1.807, 2.05) is 0 Å². The highest BCUT2D eigenvalue weighted by molar-refractivity contribution is 5.70. The van der Waals surface area contributed by atoms with Crippen LogP contribution in [0.1, 0.15) is 11.1 Å². The standard InChI is InChI=1S/C14H9F6NO/c1-22-12-11(6-10(7-21-12)14(18,19)20)8-3-2-4-9(5-8)13(15,16)17/h2-7H,1H3. The molecule has 0 bridgehead atoms. The number of nitrogens with zero attached hydrogens (tertiary/aromatic N) is 1. The van der Waals surface area contributed by atoms with Gasteiger partial charge in [0, 0.05) is 11.8 Å². The number of benzene rings is 1. The van der Waals surface area contributed by atoms with Gasteiger partial charge in [-0.25, -0.2) is 4.98 Å². The van der Waals surface area contributed by atoms with Gasteiger partial charge in [-0.15, -0.1) is 0 Å². The van der Waals surface area contributed by atoms with Crippen LogP contribution in [0.2, 0.25) is 0 Å². The van der Waals surface area contributed by atoms with Gasteiger partial charge in [-0.1, -0.05) is 12.1 Å². The maximum absolute atomic E-state index is 12.7. The molecule has 1 heterocycles. The summed E-state index contributed by atoms with van der Waals surface area (Å²) in [4.78, 5) is 3.51. The fraction of sp³-hybridized carbons (Fsp3) is 0.214. The van der Waals surface area contributed by atoms with Gasteiger partial charge < -0.3 is 4.74 Å². The van der Waals surface area contributed by atoms with Gasteiger partial charge in [0.15, 0.2) is 0 Å². The molecule has 0 aliphatic rings. The van der Waals surface area contributed by atoms with Gasteiger partial charge in [-0.2, -0.15) is 26.3 Å². The molecule has 118 valence electrons. The van der Waals surface area contributed by atoms with Crippen molar-refractivity contribution in [1.29, 1.82) is 0 Å². The number of rotatable bonds is 2. The number of ether oxygens (including phenoxy) is 1. The Kier molecular flexibility index (Phi) is 4.04. The normalized spacial score (nSPS) is 12.3. The molecule has 0 aliphatic heterocycles. The second-order valence-corrected chi connectivity index (χ2v) is 4.36. The average molecular weight is 321 g/mol. The van der Waals surface area contributed by atoms with Gasteiger partial charge in [0.25, 0.3) is 0 Å². The van der Waals surface area contributed by atoms with Gasteiger partial charge in [0.05, 0.1) is 18.2 Å². The Morgan fingerprint density at radius 2 is 1.55 bits per heavy atom. The van der Waals surface area contributed by atoms with E-state index in [1.165, 1.54) is 13.2 Å². The van der Waals surface area contributed by atoms with Crippen molar-refractivity contribution in [3.8, 4) is 17.0 Å². The topological polar surface area (TPSA) is 22.1 Å². The van der Waals surface area contributed by atoms with E-state index in [9.17, 15) is 26.3 Å². The van der Waals surface area contributed by atoms with Crippen molar-refractivity contribution in [2.24, 2.45) is 0 Å². The van der Waals surface area contributed by atoms with E-state index in [-0.39, 0.29) is 17.0 Å². The van der Waals surface area contributed by atoms with E-state index >= 15 is 0 Å². The molecule has 1 aromatic heterocycles. The van der Waals surface area contributed by atoms with Crippen LogP contribution in [0.3, 0.4) is 0 Å². The van der Waals surface area contributed by atoms with Crippen molar-refractivity contribution in [2.75, 3.05) is 7.11 Å². The van der Waals surface area contributed by atoms with E-state index < -0.39 is 23.5 Å². The Hall–Kier alpha value is -2.25. The first kappa shape index (κ1) is 16.1. The number of hydrogen-bond donors (Lipinski definition) is 0. The zero-order chi connectivity index (χ0) is 16.5. The largest absolute Gasteiger partial charge is 0.481 e. The highest BCUT2D eigenvalue weighted by Gasteiger charge is 2.33. The molecular weight excluding hydrogens is 312 g/mol. The number of hydrogen-bond acceptors (Lipinski definition) is 2. The second kappa shape index (κ2) is 5.51. The van der Waals surface area contributed by atoms with Crippen LogP contribution in [0.25, 0.3) is 11.1 Å². The number of pyridine rings is 1. The second-order valence-electron chi connectivity index (χ2n) is 4.36. The minimum absolute atomic E-state index is 0.0646. The van der Waals surface area contributed by atoms with Crippen LogP contribution < -0.4 is 4.74 Å². The molecular formula is C14H9F6NO. The Morgan fingerprint density at radius 3 is 2.09 bits per heavy atom. The molecule has 0 unspecified atom stereocenters. The summed E-state index contributed by atoms with van der Waals surface area (Å²) in [7, 11) is 1.17.